The van der Waals surface area contributed by atoms with Gasteiger partial charge >= 0.3 is 5.97 Å². The van der Waals surface area contributed by atoms with Crippen molar-refractivity contribution < 1.29 is 31.5 Å². The van der Waals surface area contributed by atoms with Gasteiger partial charge in [-0.25, -0.2) is 17.6 Å². The highest BCUT2D eigenvalue weighted by Crippen LogP contribution is 2.27. The Morgan fingerprint density at radius 3 is 2.29 bits per heavy atom. The Hall–Kier alpha value is -2.20. The van der Waals surface area contributed by atoms with Gasteiger partial charge in [0.05, 0.1) is 10.5 Å². The van der Waals surface area contributed by atoms with Crippen LogP contribution in [0.25, 0.3) is 0 Å². The molecular weight excluding hydrogens is 367 g/mol. The summed E-state index contributed by atoms with van der Waals surface area (Å²) in [5.41, 5.74) is -0.684. The molecule has 0 saturated carbocycles. The summed E-state index contributed by atoms with van der Waals surface area (Å²) in [5.74, 6) is -5.26. The molecule has 0 amide bonds. The zero-order valence-electron chi connectivity index (χ0n) is 11.7. The number of alkyl halides is 2. The van der Waals surface area contributed by atoms with Crippen molar-refractivity contribution in [3.05, 3.63) is 53.8 Å². The number of sulfonamides is 1. The number of carboxylic acid groups (broad SMARTS) is 1. The third-order valence-electron chi connectivity index (χ3n) is 2.81. The fourth-order valence-electron chi connectivity index (χ4n) is 1.75. The van der Waals surface area contributed by atoms with Crippen LogP contribution in [0, 0.1) is 5.82 Å². The van der Waals surface area contributed by atoms with Gasteiger partial charge in [-0.05, 0) is 42.5 Å². The highest BCUT2D eigenvalue weighted by atomic mass is 32.2. The quantitative estimate of drug-likeness (QED) is 0.751. The second-order valence-corrected chi connectivity index (χ2v) is 7.20. The van der Waals surface area contributed by atoms with E-state index in [-0.39, 0.29) is 10.6 Å². The van der Waals surface area contributed by atoms with E-state index in [2.05, 4.69) is 4.72 Å². The van der Waals surface area contributed by atoms with Crippen molar-refractivity contribution >= 4 is 33.4 Å². The van der Waals surface area contributed by atoms with Gasteiger partial charge in [0.15, 0.2) is 0 Å². The fourth-order valence-corrected chi connectivity index (χ4v) is 3.34. The van der Waals surface area contributed by atoms with Crippen molar-refractivity contribution in [2.45, 2.75) is 15.5 Å². The minimum Gasteiger partial charge on any atom is -0.478 e. The summed E-state index contributed by atoms with van der Waals surface area (Å²) in [6, 6.07) is 7.53. The molecule has 128 valence electrons. The Morgan fingerprint density at radius 2 is 1.75 bits per heavy atom. The van der Waals surface area contributed by atoms with Crippen molar-refractivity contribution in [3.8, 4) is 0 Å². The van der Waals surface area contributed by atoms with E-state index >= 15 is 0 Å². The molecule has 0 aromatic heterocycles. The highest BCUT2D eigenvalue weighted by molar-refractivity contribution is 7.99. The number of benzene rings is 2. The van der Waals surface area contributed by atoms with Gasteiger partial charge in [0.1, 0.15) is 5.82 Å². The lowest BCUT2D eigenvalue weighted by molar-refractivity contribution is 0.0691. The summed E-state index contributed by atoms with van der Waals surface area (Å²) < 4.78 is 64.3. The van der Waals surface area contributed by atoms with Gasteiger partial charge in [0.2, 0.25) is 0 Å². The van der Waals surface area contributed by atoms with Gasteiger partial charge in [-0.2, -0.15) is 8.78 Å². The summed E-state index contributed by atoms with van der Waals surface area (Å²) in [6.45, 7) is 0. The molecule has 2 aromatic carbocycles. The van der Waals surface area contributed by atoms with Crippen LogP contribution in [0.15, 0.2) is 52.3 Å². The number of halogens is 3. The molecule has 24 heavy (non-hydrogen) atoms. The monoisotopic (exact) mass is 377 g/mol. The average Bonchev–Trinajstić information content (AvgIpc) is 2.48. The first kappa shape index (κ1) is 18.1. The zero-order valence-corrected chi connectivity index (χ0v) is 13.4. The number of carboxylic acids is 1. The minimum atomic E-state index is -4.16. The van der Waals surface area contributed by atoms with Crippen molar-refractivity contribution in [1.29, 1.82) is 0 Å². The molecule has 0 aliphatic heterocycles. The smallest absolute Gasteiger partial charge is 0.338 e. The van der Waals surface area contributed by atoms with Crippen LogP contribution >= 0.6 is 11.8 Å². The van der Waals surface area contributed by atoms with E-state index in [0.29, 0.717) is 17.8 Å². The SMILES string of the molecule is O=C(O)c1cc(S(=O)(=O)Nc2ccc(SC(F)F)cc2)ccc1F. The number of anilines is 1. The van der Waals surface area contributed by atoms with Crippen molar-refractivity contribution in [1.82, 2.24) is 0 Å². The number of thioether (sulfide) groups is 1. The zero-order chi connectivity index (χ0) is 17.9. The van der Waals surface area contributed by atoms with Crippen molar-refractivity contribution in [3.63, 3.8) is 0 Å². The molecule has 0 radical (unpaired) electrons. The molecule has 0 saturated heterocycles. The van der Waals surface area contributed by atoms with E-state index in [1.54, 1.807) is 0 Å². The molecule has 0 heterocycles. The minimum absolute atomic E-state index is 0.0924. The van der Waals surface area contributed by atoms with E-state index in [1.807, 2.05) is 0 Å². The number of carbonyl (C=O) groups is 1. The summed E-state index contributed by atoms with van der Waals surface area (Å²) in [5, 5.41) is 8.83. The van der Waals surface area contributed by atoms with Gasteiger partial charge in [-0.15, -0.1) is 0 Å². The first-order valence-electron chi connectivity index (χ1n) is 6.29. The maximum Gasteiger partial charge on any atom is 0.338 e. The molecule has 0 unspecified atom stereocenters. The molecule has 0 aliphatic carbocycles. The van der Waals surface area contributed by atoms with Crippen LogP contribution in [-0.2, 0) is 10.0 Å². The number of rotatable bonds is 6. The van der Waals surface area contributed by atoms with Crippen LogP contribution in [0.4, 0.5) is 18.9 Å². The molecular formula is C14H10F3NO4S2. The number of hydrogen-bond donors (Lipinski definition) is 2. The Bertz CT molecular complexity index is 855. The molecule has 0 atom stereocenters. The topological polar surface area (TPSA) is 83.5 Å². The predicted octanol–water partition coefficient (Wildman–Crippen LogP) is 3.64. The third-order valence-corrected chi connectivity index (χ3v) is 4.91. The molecule has 0 fully saturated rings. The van der Waals surface area contributed by atoms with E-state index in [9.17, 15) is 26.4 Å². The lowest BCUT2D eigenvalue weighted by Gasteiger charge is -2.09. The largest absolute Gasteiger partial charge is 0.478 e. The lowest BCUT2D eigenvalue weighted by atomic mass is 10.2. The van der Waals surface area contributed by atoms with Crippen molar-refractivity contribution in [2.24, 2.45) is 0 Å². The molecule has 2 aromatic rings. The van der Waals surface area contributed by atoms with Gasteiger partial charge in [0.25, 0.3) is 15.8 Å². The standard InChI is InChI=1S/C14H10F3NO4S2/c15-12-6-5-10(7-11(12)13(19)20)24(21,22)18-8-1-3-9(4-2-8)23-14(16)17/h1-7,14,18H,(H,19,20). The molecule has 2 N–H and O–H groups in total. The Balaban J connectivity index is 2.25. The van der Waals surface area contributed by atoms with E-state index in [1.165, 1.54) is 24.3 Å². The number of hydrogen-bond acceptors (Lipinski definition) is 4. The first-order valence-corrected chi connectivity index (χ1v) is 8.66. The summed E-state index contributed by atoms with van der Waals surface area (Å²) in [4.78, 5) is 10.7. The first-order chi connectivity index (χ1) is 11.2. The van der Waals surface area contributed by atoms with Crippen LogP contribution in [0.1, 0.15) is 10.4 Å². The second kappa shape index (κ2) is 7.14. The molecule has 0 spiro atoms. The number of aromatic carboxylic acids is 1. The van der Waals surface area contributed by atoms with E-state index in [4.69, 9.17) is 5.11 Å². The van der Waals surface area contributed by atoms with Crippen molar-refractivity contribution in [2.75, 3.05) is 4.72 Å². The van der Waals surface area contributed by atoms with E-state index < -0.39 is 38.0 Å². The van der Waals surface area contributed by atoms with E-state index in [0.717, 1.165) is 12.1 Å². The lowest BCUT2D eigenvalue weighted by Crippen LogP contribution is -2.14. The summed E-state index contributed by atoms with van der Waals surface area (Å²) in [7, 11) is -4.16. The highest BCUT2D eigenvalue weighted by Gasteiger charge is 2.19. The Labute approximate surface area is 139 Å². The molecule has 0 aliphatic rings. The molecule has 10 heteroatoms. The van der Waals surface area contributed by atoms with Gasteiger partial charge < -0.3 is 5.11 Å². The molecule has 5 nitrogen and oxygen atoms in total. The van der Waals surface area contributed by atoms with Crippen LogP contribution in [-0.4, -0.2) is 25.3 Å². The molecule has 0 bridgehead atoms. The van der Waals surface area contributed by atoms with Crippen LogP contribution < -0.4 is 4.72 Å². The van der Waals surface area contributed by atoms with Gasteiger partial charge in [-0.1, -0.05) is 11.8 Å². The predicted molar refractivity (Wildman–Crippen MR) is 82.5 cm³/mol. The summed E-state index contributed by atoms with van der Waals surface area (Å²) in [6.07, 6.45) is 0. The molecule has 2 rings (SSSR count). The Morgan fingerprint density at radius 1 is 1.12 bits per heavy atom. The van der Waals surface area contributed by atoms with Crippen LogP contribution in [0.5, 0.6) is 0 Å². The Kier molecular flexibility index (Phi) is 5.40. The van der Waals surface area contributed by atoms with Crippen LogP contribution in [0.2, 0.25) is 0 Å². The van der Waals surface area contributed by atoms with Crippen LogP contribution in [0.3, 0.4) is 0 Å². The average molecular weight is 377 g/mol. The third kappa shape index (κ3) is 4.42. The normalized spacial score (nSPS) is 11.5. The fraction of sp³-hybridized carbons (Fsp3) is 0.0714. The van der Waals surface area contributed by atoms with Gasteiger partial charge in [0, 0.05) is 10.6 Å². The van der Waals surface area contributed by atoms with Gasteiger partial charge in [-0.3, -0.25) is 4.72 Å². The second-order valence-electron chi connectivity index (χ2n) is 4.46. The maximum atomic E-state index is 13.3. The summed E-state index contributed by atoms with van der Waals surface area (Å²) >= 11 is 0.311. The maximum absolute atomic E-state index is 13.3. The number of nitrogens with one attached hydrogen (secondary N) is 1.